The van der Waals surface area contributed by atoms with Crippen molar-refractivity contribution in [2.45, 2.75) is 0 Å². The zero-order chi connectivity index (χ0) is 10.0. The summed E-state index contributed by atoms with van der Waals surface area (Å²) in [5.41, 5.74) is 6.22. The number of halogens is 2. The molecule has 3 nitrogen and oxygen atoms in total. The maximum Gasteiger partial charge on any atom is 0.192 e. The van der Waals surface area contributed by atoms with Gasteiger partial charge in [-0.2, -0.15) is 0 Å². The molecule has 0 amide bonds. The second-order valence-corrected chi connectivity index (χ2v) is 4.31. The van der Waals surface area contributed by atoms with Gasteiger partial charge in [0, 0.05) is 16.0 Å². The van der Waals surface area contributed by atoms with E-state index < -0.39 is 0 Å². The van der Waals surface area contributed by atoms with Crippen LogP contribution in [0.4, 0.5) is 5.69 Å². The van der Waals surface area contributed by atoms with Crippen molar-refractivity contribution in [2.75, 3.05) is 11.9 Å². The highest BCUT2D eigenvalue weighted by Gasteiger charge is 2.07. The van der Waals surface area contributed by atoms with Gasteiger partial charge in [-0.1, -0.05) is 15.9 Å². The van der Waals surface area contributed by atoms with Crippen LogP contribution in [0.5, 0.6) is 0 Å². The molecule has 0 radical (unpaired) electrons. The number of hydrogen-bond acceptors (Lipinski definition) is 1. The standard InChI is InChI=1S/C8H9Br2N3/c1-13(8(11)12)7-4-5(9)2-3-6(7)10/h2-4H,1H3,(H3,11,12). The molecule has 70 valence electrons. The number of nitrogens with two attached hydrogens (primary N) is 1. The van der Waals surface area contributed by atoms with E-state index >= 15 is 0 Å². The fourth-order valence-electron chi connectivity index (χ4n) is 0.873. The molecule has 0 unspecified atom stereocenters. The number of rotatable bonds is 1. The third-order valence-corrected chi connectivity index (χ3v) is 2.79. The Morgan fingerprint density at radius 3 is 2.62 bits per heavy atom. The van der Waals surface area contributed by atoms with E-state index in [9.17, 15) is 0 Å². The molecule has 0 fully saturated rings. The minimum Gasteiger partial charge on any atom is -0.370 e. The SMILES string of the molecule is CN(C(=N)N)c1cc(Br)ccc1Br. The average molecular weight is 307 g/mol. The van der Waals surface area contributed by atoms with Gasteiger partial charge >= 0.3 is 0 Å². The fourth-order valence-corrected chi connectivity index (χ4v) is 1.73. The Hall–Kier alpha value is -0.550. The summed E-state index contributed by atoms with van der Waals surface area (Å²) >= 11 is 6.74. The molecule has 0 heterocycles. The summed E-state index contributed by atoms with van der Waals surface area (Å²) in [5, 5.41) is 7.27. The van der Waals surface area contributed by atoms with Crippen molar-refractivity contribution in [1.29, 1.82) is 5.41 Å². The molecule has 3 N–H and O–H groups in total. The quantitative estimate of drug-likeness (QED) is 0.619. The summed E-state index contributed by atoms with van der Waals surface area (Å²) in [6, 6.07) is 5.71. The van der Waals surface area contributed by atoms with Crippen LogP contribution in [0.25, 0.3) is 0 Å². The van der Waals surface area contributed by atoms with Gasteiger partial charge in [0.25, 0.3) is 0 Å². The third kappa shape index (κ3) is 2.45. The highest BCUT2D eigenvalue weighted by molar-refractivity contribution is 9.11. The normalized spacial score (nSPS) is 9.77. The molecule has 1 rings (SSSR count). The molecule has 0 aromatic heterocycles. The monoisotopic (exact) mass is 305 g/mol. The van der Waals surface area contributed by atoms with Gasteiger partial charge in [-0.3, -0.25) is 5.41 Å². The van der Waals surface area contributed by atoms with Crippen molar-refractivity contribution in [3.05, 3.63) is 27.1 Å². The van der Waals surface area contributed by atoms with Crippen molar-refractivity contribution in [3.8, 4) is 0 Å². The lowest BCUT2D eigenvalue weighted by Crippen LogP contribution is -2.32. The molecular formula is C8H9Br2N3. The van der Waals surface area contributed by atoms with Gasteiger partial charge in [0.15, 0.2) is 5.96 Å². The van der Waals surface area contributed by atoms with Crippen molar-refractivity contribution in [3.63, 3.8) is 0 Å². The van der Waals surface area contributed by atoms with Gasteiger partial charge in [-0.25, -0.2) is 0 Å². The fraction of sp³-hybridized carbons (Fsp3) is 0.125. The van der Waals surface area contributed by atoms with Gasteiger partial charge in [-0.15, -0.1) is 0 Å². The number of hydrogen-bond donors (Lipinski definition) is 2. The topological polar surface area (TPSA) is 53.1 Å². The summed E-state index contributed by atoms with van der Waals surface area (Å²) in [7, 11) is 1.74. The van der Waals surface area contributed by atoms with Crippen LogP contribution in [0.2, 0.25) is 0 Å². The van der Waals surface area contributed by atoms with Crippen LogP contribution in [0.15, 0.2) is 27.1 Å². The number of guanidine groups is 1. The van der Waals surface area contributed by atoms with Crippen molar-refractivity contribution >= 4 is 43.5 Å². The van der Waals surface area contributed by atoms with Crippen molar-refractivity contribution < 1.29 is 0 Å². The summed E-state index contributed by atoms with van der Waals surface area (Å²) in [6.45, 7) is 0. The molecular weight excluding hydrogens is 298 g/mol. The smallest absolute Gasteiger partial charge is 0.192 e. The molecule has 5 heteroatoms. The molecule has 1 aromatic carbocycles. The van der Waals surface area contributed by atoms with Crippen LogP contribution in [-0.4, -0.2) is 13.0 Å². The van der Waals surface area contributed by atoms with E-state index in [2.05, 4.69) is 31.9 Å². The first kappa shape index (κ1) is 10.5. The lowest BCUT2D eigenvalue weighted by atomic mass is 10.3. The minimum absolute atomic E-state index is 0.0128. The van der Waals surface area contributed by atoms with Crippen LogP contribution in [0.1, 0.15) is 0 Å². The first-order chi connectivity index (χ1) is 6.02. The minimum atomic E-state index is 0.0128. The van der Waals surface area contributed by atoms with Crippen LogP contribution in [-0.2, 0) is 0 Å². The Bertz CT molecular complexity index is 338. The Kier molecular flexibility index (Phi) is 3.33. The number of anilines is 1. The number of nitrogens with one attached hydrogen (secondary N) is 1. The molecule has 0 aliphatic rings. The van der Waals surface area contributed by atoms with Gasteiger partial charge < -0.3 is 10.6 Å². The first-order valence-corrected chi connectivity index (χ1v) is 5.14. The molecule has 0 aliphatic heterocycles. The van der Waals surface area contributed by atoms with Crippen LogP contribution in [0, 0.1) is 5.41 Å². The van der Waals surface area contributed by atoms with Crippen LogP contribution < -0.4 is 10.6 Å². The second kappa shape index (κ2) is 4.11. The Morgan fingerprint density at radius 1 is 1.46 bits per heavy atom. The maximum atomic E-state index is 7.27. The molecule has 13 heavy (non-hydrogen) atoms. The molecule has 0 saturated heterocycles. The first-order valence-electron chi connectivity index (χ1n) is 3.55. The molecule has 0 bridgehead atoms. The third-order valence-electron chi connectivity index (χ3n) is 1.63. The molecule has 1 aromatic rings. The average Bonchev–Trinajstić information content (AvgIpc) is 2.08. The summed E-state index contributed by atoms with van der Waals surface area (Å²) < 4.78 is 1.87. The van der Waals surface area contributed by atoms with E-state index in [1.54, 1.807) is 11.9 Å². The maximum absolute atomic E-state index is 7.27. The zero-order valence-corrected chi connectivity index (χ0v) is 10.2. The zero-order valence-electron chi connectivity index (χ0n) is 7.01. The second-order valence-electron chi connectivity index (χ2n) is 2.54. The Labute approximate surface area is 93.7 Å². The predicted molar refractivity (Wildman–Crippen MR) is 62.2 cm³/mol. The van der Waals surface area contributed by atoms with E-state index in [0.29, 0.717) is 0 Å². The highest BCUT2D eigenvalue weighted by Crippen LogP contribution is 2.28. The van der Waals surface area contributed by atoms with Gasteiger partial charge in [0.05, 0.1) is 5.69 Å². The lowest BCUT2D eigenvalue weighted by Gasteiger charge is -2.18. The van der Waals surface area contributed by atoms with Gasteiger partial charge in [0.2, 0.25) is 0 Å². The summed E-state index contributed by atoms with van der Waals surface area (Å²) in [6.07, 6.45) is 0. The molecule has 0 aliphatic carbocycles. The van der Waals surface area contributed by atoms with E-state index in [4.69, 9.17) is 11.1 Å². The summed E-state index contributed by atoms with van der Waals surface area (Å²) in [5.74, 6) is 0.0128. The number of benzene rings is 1. The number of nitrogens with zero attached hydrogens (tertiary/aromatic N) is 1. The molecule has 0 spiro atoms. The van der Waals surface area contributed by atoms with E-state index in [-0.39, 0.29) is 5.96 Å². The predicted octanol–water partition coefficient (Wildman–Crippen LogP) is 2.54. The molecule has 0 saturated carbocycles. The van der Waals surface area contributed by atoms with E-state index in [1.165, 1.54) is 0 Å². The van der Waals surface area contributed by atoms with E-state index in [1.807, 2.05) is 18.2 Å². The summed E-state index contributed by atoms with van der Waals surface area (Å²) in [4.78, 5) is 1.59. The van der Waals surface area contributed by atoms with Crippen molar-refractivity contribution in [2.24, 2.45) is 5.73 Å². The van der Waals surface area contributed by atoms with Crippen LogP contribution >= 0.6 is 31.9 Å². The van der Waals surface area contributed by atoms with Gasteiger partial charge in [-0.05, 0) is 34.1 Å². The van der Waals surface area contributed by atoms with Crippen LogP contribution in [0.3, 0.4) is 0 Å². The van der Waals surface area contributed by atoms with Crippen molar-refractivity contribution in [1.82, 2.24) is 0 Å². The van der Waals surface area contributed by atoms with E-state index in [0.717, 1.165) is 14.6 Å². The van der Waals surface area contributed by atoms with Gasteiger partial charge in [0.1, 0.15) is 0 Å². The lowest BCUT2D eigenvalue weighted by molar-refractivity contribution is 1.19. The molecule has 0 atom stereocenters. The largest absolute Gasteiger partial charge is 0.370 e. The Morgan fingerprint density at radius 2 is 2.08 bits per heavy atom. The highest BCUT2D eigenvalue weighted by atomic mass is 79.9. The Balaban J connectivity index is 3.12.